The van der Waals surface area contributed by atoms with Gasteiger partial charge >= 0.3 is 0 Å². The summed E-state index contributed by atoms with van der Waals surface area (Å²) in [6.45, 7) is 4.20. The highest BCUT2D eigenvalue weighted by molar-refractivity contribution is 9.10. The van der Waals surface area contributed by atoms with Crippen molar-refractivity contribution in [2.45, 2.75) is 25.7 Å². The molecule has 0 saturated carbocycles. The standard InChI is InChI=1S/C17H21BrN2/c1-2-19-12-16(15-6-4-3-5-7-15)9-8-14-10-17(18)13-20-11-14/h3-7,10-11,13,16,19H,2,8-9,12H2,1H3. The minimum atomic E-state index is 0.551. The molecule has 1 unspecified atom stereocenters. The monoisotopic (exact) mass is 332 g/mol. The zero-order valence-corrected chi connectivity index (χ0v) is 13.4. The molecule has 0 amide bonds. The molecular formula is C17H21BrN2. The van der Waals surface area contributed by atoms with Crippen LogP contribution < -0.4 is 5.32 Å². The molecule has 1 N–H and O–H groups in total. The van der Waals surface area contributed by atoms with Gasteiger partial charge in [0.2, 0.25) is 0 Å². The van der Waals surface area contributed by atoms with Gasteiger partial charge in [0.25, 0.3) is 0 Å². The molecule has 0 aliphatic heterocycles. The van der Waals surface area contributed by atoms with Crippen LogP contribution in [0.15, 0.2) is 53.3 Å². The maximum absolute atomic E-state index is 4.23. The van der Waals surface area contributed by atoms with Gasteiger partial charge in [0.05, 0.1) is 0 Å². The average molecular weight is 333 g/mol. The molecule has 1 atom stereocenters. The Morgan fingerprint density at radius 2 is 2.00 bits per heavy atom. The topological polar surface area (TPSA) is 24.9 Å². The van der Waals surface area contributed by atoms with Gasteiger partial charge in [-0.1, -0.05) is 37.3 Å². The maximum Gasteiger partial charge on any atom is 0.0410 e. The van der Waals surface area contributed by atoms with Gasteiger partial charge in [-0.15, -0.1) is 0 Å². The maximum atomic E-state index is 4.23. The third kappa shape index (κ3) is 4.73. The first-order valence-electron chi connectivity index (χ1n) is 7.14. The van der Waals surface area contributed by atoms with Crippen LogP contribution in [0, 0.1) is 0 Å². The number of benzene rings is 1. The number of hydrogen-bond acceptors (Lipinski definition) is 2. The molecule has 0 fully saturated rings. The van der Waals surface area contributed by atoms with Gasteiger partial charge in [-0.05, 0) is 58.4 Å². The predicted molar refractivity (Wildman–Crippen MR) is 88.0 cm³/mol. The summed E-state index contributed by atoms with van der Waals surface area (Å²) in [5, 5.41) is 3.47. The Bertz CT molecular complexity index is 513. The second-order valence-electron chi connectivity index (χ2n) is 4.97. The Morgan fingerprint density at radius 1 is 1.20 bits per heavy atom. The van der Waals surface area contributed by atoms with Crippen LogP contribution in [0.1, 0.15) is 30.4 Å². The quantitative estimate of drug-likeness (QED) is 0.823. The molecule has 0 radical (unpaired) electrons. The molecule has 1 aromatic heterocycles. The van der Waals surface area contributed by atoms with Gasteiger partial charge in [0.15, 0.2) is 0 Å². The number of aryl methyl sites for hydroxylation is 1. The molecule has 106 valence electrons. The third-order valence-electron chi connectivity index (χ3n) is 3.45. The molecule has 2 rings (SSSR count). The van der Waals surface area contributed by atoms with Crippen LogP contribution in [-0.4, -0.2) is 18.1 Å². The minimum absolute atomic E-state index is 0.551. The molecule has 3 heteroatoms. The molecule has 0 spiro atoms. The van der Waals surface area contributed by atoms with Crippen LogP contribution in [0.5, 0.6) is 0 Å². The van der Waals surface area contributed by atoms with Crippen molar-refractivity contribution in [3.63, 3.8) is 0 Å². The first kappa shape index (κ1) is 15.2. The number of likely N-dealkylation sites (N-methyl/N-ethyl adjacent to an activating group) is 1. The summed E-state index contributed by atoms with van der Waals surface area (Å²) in [6.07, 6.45) is 5.98. The molecule has 2 aromatic rings. The van der Waals surface area contributed by atoms with Crippen molar-refractivity contribution in [3.8, 4) is 0 Å². The second-order valence-corrected chi connectivity index (χ2v) is 5.88. The van der Waals surface area contributed by atoms with Crippen LogP contribution in [-0.2, 0) is 6.42 Å². The molecule has 0 aliphatic rings. The van der Waals surface area contributed by atoms with Crippen molar-refractivity contribution in [2.24, 2.45) is 0 Å². The normalized spacial score (nSPS) is 12.3. The van der Waals surface area contributed by atoms with E-state index in [0.717, 1.165) is 30.4 Å². The Morgan fingerprint density at radius 3 is 2.70 bits per heavy atom. The highest BCUT2D eigenvalue weighted by Gasteiger charge is 2.11. The number of hydrogen-bond donors (Lipinski definition) is 1. The summed E-state index contributed by atoms with van der Waals surface area (Å²) < 4.78 is 1.05. The fourth-order valence-electron chi connectivity index (χ4n) is 2.36. The van der Waals surface area contributed by atoms with Gasteiger partial charge in [-0.2, -0.15) is 0 Å². The van der Waals surface area contributed by atoms with Gasteiger partial charge in [0.1, 0.15) is 0 Å². The fraction of sp³-hybridized carbons (Fsp3) is 0.353. The van der Waals surface area contributed by atoms with Crippen LogP contribution in [0.25, 0.3) is 0 Å². The van der Waals surface area contributed by atoms with Crippen molar-refractivity contribution in [3.05, 3.63) is 64.4 Å². The van der Waals surface area contributed by atoms with E-state index in [4.69, 9.17) is 0 Å². The zero-order valence-electron chi connectivity index (χ0n) is 11.8. The summed E-state index contributed by atoms with van der Waals surface area (Å²) >= 11 is 3.48. The van der Waals surface area contributed by atoms with E-state index in [1.54, 1.807) is 0 Å². The van der Waals surface area contributed by atoms with E-state index in [-0.39, 0.29) is 0 Å². The number of aromatic nitrogens is 1. The Kier molecular flexibility index (Phi) is 6.22. The first-order valence-corrected chi connectivity index (χ1v) is 7.94. The number of pyridine rings is 1. The highest BCUT2D eigenvalue weighted by Crippen LogP contribution is 2.21. The first-order chi connectivity index (χ1) is 9.79. The number of nitrogens with one attached hydrogen (secondary N) is 1. The number of rotatable bonds is 7. The van der Waals surface area contributed by atoms with E-state index in [2.05, 4.69) is 69.6 Å². The lowest BCUT2D eigenvalue weighted by Gasteiger charge is -2.18. The van der Waals surface area contributed by atoms with Gasteiger partial charge in [-0.25, -0.2) is 0 Å². The summed E-state index contributed by atoms with van der Waals surface area (Å²) in [4.78, 5) is 4.23. The number of halogens is 1. The molecule has 0 bridgehead atoms. The zero-order chi connectivity index (χ0) is 14.2. The lowest BCUT2D eigenvalue weighted by molar-refractivity contribution is 0.561. The fourth-order valence-corrected chi connectivity index (χ4v) is 2.78. The van der Waals surface area contributed by atoms with Crippen molar-refractivity contribution in [2.75, 3.05) is 13.1 Å². The summed E-state index contributed by atoms with van der Waals surface area (Å²) in [6, 6.07) is 12.9. The predicted octanol–water partition coefficient (Wildman–Crippen LogP) is 4.17. The largest absolute Gasteiger partial charge is 0.316 e. The molecule has 0 saturated heterocycles. The van der Waals surface area contributed by atoms with Gasteiger partial charge in [-0.3, -0.25) is 4.98 Å². The smallest absolute Gasteiger partial charge is 0.0410 e. The highest BCUT2D eigenvalue weighted by atomic mass is 79.9. The van der Waals surface area contributed by atoms with E-state index in [1.165, 1.54) is 11.1 Å². The van der Waals surface area contributed by atoms with Crippen molar-refractivity contribution in [1.82, 2.24) is 10.3 Å². The summed E-state index contributed by atoms with van der Waals surface area (Å²) in [7, 11) is 0. The molecular weight excluding hydrogens is 312 g/mol. The Labute approximate surface area is 129 Å². The van der Waals surface area contributed by atoms with Gasteiger partial charge < -0.3 is 5.32 Å². The Balaban J connectivity index is 2.01. The lowest BCUT2D eigenvalue weighted by Crippen LogP contribution is -2.21. The van der Waals surface area contributed by atoms with E-state index in [0.29, 0.717) is 5.92 Å². The Hall–Kier alpha value is -1.19. The minimum Gasteiger partial charge on any atom is -0.316 e. The van der Waals surface area contributed by atoms with Crippen molar-refractivity contribution >= 4 is 15.9 Å². The molecule has 1 heterocycles. The van der Waals surface area contributed by atoms with E-state index < -0.39 is 0 Å². The lowest BCUT2D eigenvalue weighted by atomic mass is 9.92. The second kappa shape index (κ2) is 8.18. The van der Waals surface area contributed by atoms with Crippen molar-refractivity contribution < 1.29 is 0 Å². The third-order valence-corrected chi connectivity index (χ3v) is 3.89. The van der Waals surface area contributed by atoms with Crippen LogP contribution in [0.2, 0.25) is 0 Å². The van der Waals surface area contributed by atoms with Gasteiger partial charge in [0, 0.05) is 23.4 Å². The van der Waals surface area contributed by atoms with Crippen LogP contribution in [0.3, 0.4) is 0 Å². The molecule has 2 nitrogen and oxygen atoms in total. The van der Waals surface area contributed by atoms with E-state index >= 15 is 0 Å². The van der Waals surface area contributed by atoms with Crippen LogP contribution >= 0.6 is 15.9 Å². The SMILES string of the molecule is CCNCC(CCc1cncc(Br)c1)c1ccccc1. The molecule has 1 aromatic carbocycles. The van der Waals surface area contributed by atoms with Crippen LogP contribution in [0.4, 0.5) is 0 Å². The van der Waals surface area contributed by atoms with E-state index in [9.17, 15) is 0 Å². The summed E-state index contributed by atoms with van der Waals surface area (Å²) in [5.41, 5.74) is 2.70. The average Bonchev–Trinajstić information content (AvgIpc) is 2.48. The van der Waals surface area contributed by atoms with E-state index in [1.807, 2.05) is 12.4 Å². The molecule has 0 aliphatic carbocycles. The van der Waals surface area contributed by atoms with Crippen molar-refractivity contribution in [1.29, 1.82) is 0 Å². The number of nitrogens with zero attached hydrogens (tertiary/aromatic N) is 1. The summed E-state index contributed by atoms with van der Waals surface area (Å²) in [5.74, 6) is 0.551. The molecule has 20 heavy (non-hydrogen) atoms.